The third kappa shape index (κ3) is 4.57. The maximum atomic E-state index is 12.4. The van der Waals surface area contributed by atoms with Crippen LogP contribution in [0.5, 0.6) is 5.75 Å². The fraction of sp³-hybridized carbons (Fsp3) is 0.389. The van der Waals surface area contributed by atoms with Crippen molar-refractivity contribution in [3.63, 3.8) is 0 Å². The van der Waals surface area contributed by atoms with Gasteiger partial charge in [-0.2, -0.15) is 5.10 Å². The van der Waals surface area contributed by atoms with Crippen LogP contribution in [0.1, 0.15) is 20.3 Å². The highest BCUT2D eigenvalue weighted by Gasteiger charge is 2.14. The first-order chi connectivity index (χ1) is 13.5. The average molecular weight is 404 g/mol. The summed E-state index contributed by atoms with van der Waals surface area (Å²) in [5.74, 6) is 1.37. The van der Waals surface area contributed by atoms with Crippen molar-refractivity contribution in [2.75, 3.05) is 25.0 Å². The van der Waals surface area contributed by atoms with Crippen LogP contribution in [0.3, 0.4) is 0 Å². The Morgan fingerprint density at radius 2 is 1.89 bits per heavy atom. The topological polar surface area (TPSA) is 111 Å². The molecule has 2 aromatic heterocycles. The Kier molecular flexibility index (Phi) is 6.42. The Morgan fingerprint density at radius 3 is 2.61 bits per heavy atom. The average Bonchev–Trinajstić information content (AvgIpc) is 3.11. The molecule has 10 heteroatoms. The van der Waals surface area contributed by atoms with Gasteiger partial charge in [0.05, 0.1) is 29.6 Å². The van der Waals surface area contributed by atoms with Crippen LogP contribution in [0.25, 0.3) is 11.0 Å². The van der Waals surface area contributed by atoms with Crippen molar-refractivity contribution in [1.82, 2.24) is 24.5 Å². The molecule has 0 bridgehead atoms. The highest BCUT2D eigenvalue weighted by atomic mass is 32.2. The normalized spacial score (nSPS) is 11.6. The van der Waals surface area contributed by atoms with E-state index in [-0.39, 0.29) is 11.4 Å². The fourth-order valence-electron chi connectivity index (χ4n) is 2.69. The first-order valence-corrected chi connectivity index (χ1v) is 10.7. The maximum Gasteiger partial charge on any atom is 0.240 e. The lowest BCUT2D eigenvalue weighted by Gasteiger charge is -2.09. The van der Waals surface area contributed by atoms with Crippen LogP contribution in [0.4, 0.5) is 5.82 Å². The fourth-order valence-corrected chi connectivity index (χ4v) is 3.71. The molecule has 0 amide bonds. The molecule has 0 aliphatic carbocycles. The second kappa shape index (κ2) is 8.98. The summed E-state index contributed by atoms with van der Waals surface area (Å²) in [7, 11) is -3.61. The summed E-state index contributed by atoms with van der Waals surface area (Å²) in [5, 5.41) is 8.36. The van der Waals surface area contributed by atoms with E-state index in [9.17, 15) is 8.42 Å². The van der Waals surface area contributed by atoms with Crippen LogP contribution in [0.2, 0.25) is 0 Å². The summed E-state index contributed by atoms with van der Waals surface area (Å²) < 4.78 is 34.5. The summed E-state index contributed by atoms with van der Waals surface area (Å²) in [6.07, 6.45) is 4.14. The molecule has 0 saturated heterocycles. The minimum Gasteiger partial charge on any atom is -0.494 e. The summed E-state index contributed by atoms with van der Waals surface area (Å²) in [6.45, 7) is 5.82. The number of sulfonamides is 1. The van der Waals surface area contributed by atoms with Crippen molar-refractivity contribution >= 4 is 26.9 Å². The lowest BCUT2D eigenvalue weighted by molar-refractivity contribution is 0.340. The first kappa shape index (κ1) is 20.0. The van der Waals surface area contributed by atoms with Crippen molar-refractivity contribution in [3.05, 3.63) is 36.8 Å². The predicted molar refractivity (Wildman–Crippen MR) is 107 cm³/mol. The van der Waals surface area contributed by atoms with Gasteiger partial charge in [0.25, 0.3) is 0 Å². The van der Waals surface area contributed by atoms with Gasteiger partial charge in [-0.3, -0.25) is 0 Å². The Balaban J connectivity index is 1.65. The highest BCUT2D eigenvalue weighted by molar-refractivity contribution is 7.89. The van der Waals surface area contributed by atoms with Gasteiger partial charge < -0.3 is 10.1 Å². The van der Waals surface area contributed by atoms with Crippen LogP contribution in [0, 0.1) is 0 Å². The zero-order valence-corrected chi connectivity index (χ0v) is 16.7. The zero-order valence-electron chi connectivity index (χ0n) is 15.9. The van der Waals surface area contributed by atoms with Gasteiger partial charge in [0.2, 0.25) is 10.0 Å². The minimum atomic E-state index is -3.61. The molecule has 0 fully saturated rings. The number of benzene rings is 1. The molecule has 3 aromatic rings. The number of rotatable bonds is 10. The highest BCUT2D eigenvalue weighted by Crippen LogP contribution is 2.19. The monoisotopic (exact) mass is 404 g/mol. The molecule has 3 rings (SSSR count). The molecular weight excluding hydrogens is 380 g/mol. The molecule has 0 atom stereocenters. The van der Waals surface area contributed by atoms with Crippen molar-refractivity contribution in [2.24, 2.45) is 0 Å². The van der Waals surface area contributed by atoms with Crippen LogP contribution >= 0.6 is 0 Å². The third-order valence-electron chi connectivity index (χ3n) is 4.04. The lowest BCUT2D eigenvalue weighted by atomic mass is 10.3. The molecule has 150 valence electrons. The standard InChI is InChI=1S/C18H24N6O3S/c1-3-9-19-17-16-12-22-24(18(16)21-13-20-17)11-10-23-28(25,26)15-7-5-14(6-8-15)27-4-2/h5-8,12-13,23H,3-4,9-11H2,1-2H3,(H,19,20,21). The van der Waals surface area contributed by atoms with E-state index in [1.54, 1.807) is 23.0 Å². The van der Waals surface area contributed by atoms with E-state index in [4.69, 9.17) is 4.74 Å². The van der Waals surface area contributed by atoms with Crippen molar-refractivity contribution < 1.29 is 13.2 Å². The summed E-state index contributed by atoms with van der Waals surface area (Å²) >= 11 is 0. The van der Waals surface area contributed by atoms with Crippen molar-refractivity contribution in [2.45, 2.75) is 31.7 Å². The summed E-state index contributed by atoms with van der Waals surface area (Å²) in [4.78, 5) is 8.70. The van der Waals surface area contributed by atoms with Crippen molar-refractivity contribution in [3.8, 4) is 5.75 Å². The van der Waals surface area contributed by atoms with Crippen LogP contribution in [-0.4, -0.2) is 47.9 Å². The van der Waals surface area contributed by atoms with Gasteiger partial charge >= 0.3 is 0 Å². The van der Waals surface area contributed by atoms with Gasteiger partial charge in [0.1, 0.15) is 17.9 Å². The van der Waals surface area contributed by atoms with Gasteiger partial charge in [-0.25, -0.2) is 27.8 Å². The number of hydrogen-bond acceptors (Lipinski definition) is 7. The van der Waals surface area contributed by atoms with Gasteiger partial charge in [0.15, 0.2) is 5.65 Å². The molecule has 2 heterocycles. The maximum absolute atomic E-state index is 12.4. The molecule has 2 N–H and O–H groups in total. The Morgan fingerprint density at radius 1 is 1.11 bits per heavy atom. The second-order valence-electron chi connectivity index (χ2n) is 6.06. The largest absolute Gasteiger partial charge is 0.494 e. The van der Waals surface area contributed by atoms with E-state index < -0.39 is 10.0 Å². The Labute approximate surface area is 164 Å². The van der Waals surface area contributed by atoms with Gasteiger partial charge in [0, 0.05) is 13.1 Å². The van der Waals surface area contributed by atoms with Crippen LogP contribution < -0.4 is 14.8 Å². The molecule has 28 heavy (non-hydrogen) atoms. The smallest absolute Gasteiger partial charge is 0.240 e. The number of aromatic nitrogens is 4. The van der Waals surface area contributed by atoms with Gasteiger partial charge in [-0.1, -0.05) is 6.92 Å². The molecule has 9 nitrogen and oxygen atoms in total. The SMILES string of the molecule is CCCNc1ncnc2c1cnn2CCNS(=O)(=O)c1ccc(OCC)cc1. The van der Waals surface area contributed by atoms with Crippen molar-refractivity contribution in [1.29, 1.82) is 0 Å². The zero-order chi connectivity index (χ0) is 20.0. The summed E-state index contributed by atoms with van der Waals surface area (Å²) in [6, 6.07) is 6.33. The molecule has 0 aliphatic heterocycles. The van der Waals surface area contributed by atoms with Gasteiger partial charge in [-0.05, 0) is 37.6 Å². The van der Waals surface area contributed by atoms with E-state index in [2.05, 4.69) is 32.0 Å². The molecule has 0 saturated carbocycles. The molecule has 0 spiro atoms. The van der Waals surface area contributed by atoms with Crippen LogP contribution in [0.15, 0.2) is 41.7 Å². The predicted octanol–water partition coefficient (Wildman–Crippen LogP) is 2.03. The lowest BCUT2D eigenvalue weighted by Crippen LogP contribution is -2.27. The van der Waals surface area contributed by atoms with E-state index in [1.807, 2.05) is 6.92 Å². The van der Waals surface area contributed by atoms with Gasteiger partial charge in [-0.15, -0.1) is 0 Å². The van der Waals surface area contributed by atoms with E-state index in [1.165, 1.54) is 18.5 Å². The molecule has 0 unspecified atom stereocenters. The number of hydrogen-bond donors (Lipinski definition) is 2. The molecule has 1 aromatic carbocycles. The number of nitrogens with one attached hydrogen (secondary N) is 2. The quantitative estimate of drug-likeness (QED) is 0.532. The Hall–Kier alpha value is -2.72. The number of fused-ring (bicyclic) bond motifs is 1. The van der Waals surface area contributed by atoms with Crippen LogP contribution in [-0.2, 0) is 16.6 Å². The van der Waals surface area contributed by atoms with E-state index >= 15 is 0 Å². The van der Waals surface area contributed by atoms with E-state index in [0.29, 0.717) is 24.5 Å². The molecule has 0 aliphatic rings. The molecular formula is C18H24N6O3S. The van der Waals surface area contributed by atoms with E-state index in [0.717, 1.165) is 24.2 Å². The second-order valence-corrected chi connectivity index (χ2v) is 7.82. The third-order valence-corrected chi connectivity index (χ3v) is 5.51. The number of anilines is 1. The number of nitrogens with zero attached hydrogens (tertiary/aromatic N) is 4. The minimum absolute atomic E-state index is 0.189. The summed E-state index contributed by atoms with van der Waals surface area (Å²) in [5.41, 5.74) is 0.661. The Bertz CT molecular complexity index is 1020. The molecule has 0 radical (unpaired) electrons. The first-order valence-electron chi connectivity index (χ1n) is 9.18. The number of ether oxygens (including phenoxy) is 1.